The molecule has 1 aromatic carbocycles. The maximum absolute atomic E-state index is 12.9. The van der Waals surface area contributed by atoms with Gasteiger partial charge >= 0.3 is 0 Å². The molecule has 1 heterocycles. The van der Waals surface area contributed by atoms with Gasteiger partial charge in [0.05, 0.1) is 6.61 Å². The van der Waals surface area contributed by atoms with Gasteiger partial charge < -0.3 is 20.3 Å². The molecule has 6 heteroatoms. The van der Waals surface area contributed by atoms with Crippen LogP contribution in [0, 0.1) is 5.92 Å². The lowest BCUT2D eigenvalue weighted by molar-refractivity contribution is -0.135. The molecular formula is C19H29N3O3. The van der Waals surface area contributed by atoms with Crippen LogP contribution < -0.4 is 15.4 Å². The van der Waals surface area contributed by atoms with Crippen molar-refractivity contribution in [2.45, 2.75) is 39.8 Å². The molecule has 2 amide bonds. The maximum Gasteiger partial charge on any atom is 0.251 e. The molecule has 25 heavy (non-hydrogen) atoms. The van der Waals surface area contributed by atoms with Gasteiger partial charge in [-0.3, -0.25) is 9.59 Å². The van der Waals surface area contributed by atoms with Gasteiger partial charge in [-0.25, -0.2) is 0 Å². The lowest BCUT2D eigenvalue weighted by Gasteiger charge is -2.35. The van der Waals surface area contributed by atoms with E-state index in [9.17, 15) is 9.59 Å². The molecule has 1 aromatic rings. The molecular weight excluding hydrogens is 318 g/mol. The minimum absolute atomic E-state index is 0.0114. The number of hydrogen-bond donors (Lipinski definition) is 2. The molecule has 0 saturated carbocycles. The topological polar surface area (TPSA) is 70.7 Å². The third kappa shape index (κ3) is 5.19. The van der Waals surface area contributed by atoms with Crippen LogP contribution in [0.4, 0.5) is 0 Å². The van der Waals surface area contributed by atoms with E-state index < -0.39 is 6.04 Å². The van der Waals surface area contributed by atoms with Crippen LogP contribution in [-0.4, -0.2) is 55.0 Å². The highest BCUT2D eigenvalue weighted by atomic mass is 16.5. The smallest absolute Gasteiger partial charge is 0.251 e. The minimum Gasteiger partial charge on any atom is -0.494 e. The van der Waals surface area contributed by atoms with Crippen molar-refractivity contribution in [1.82, 2.24) is 15.5 Å². The molecule has 6 nitrogen and oxygen atoms in total. The zero-order chi connectivity index (χ0) is 18.4. The zero-order valence-electron chi connectivity index (χ0n) is 15.5. The predicted octanol–water partition coefficient (Wildman–Crippen LogP) is 1.66. The fraction of sp³-hybridized carbons (Fsp3) is 0.579. The van der Waals surface area contributed by atoms with Crippen LogP contribution in [0.5, 0.6) is 5.75 Å². The van der Waals surface area contributed by atoms with Crippen molar-refractivity contribution in [3.63, 3.8) is 0 Å². The first-order valence-corrected chi connectivity index (χ1v) is 8.98. The van der Waals surface area contributed by atoms with Crippen LogP contribution in [0.15, 0.2) is 24.3 Å². The summed E-state index contributed by atoms with van der Waals surface area (Å²) in [5.41, 5.74) is 0.524. The van der Waals surface area contributed by atoms with Gasteiger partial charge in [-0.2, -0.15) is 0 Å². The summed E-state index contributed by atoms with van der Waals surface area (Å²) in [6, 6.07) is 6.71. The van der Waals surface area contributed by atoms with Crippen LogP contribution in [0.25, 0.3) is 0 Å². The van der Waals surface area contributed by atoms with Crippen molar-refractivity contribution in [2.24, 2.45) is 5.92 Å². The number of piperazine rings is 1. The average Bonchev–Trinajstić information content (AvgIpc) is 2.59. The first-order valence-electron chi connectivity index (χ1n) is 8.98. The summed E-state index contributed by atoms with van der Waals surface area (Å²) in [5.74, 6) is 0.496. The summed E-state index contributed by atoms with van der Waals surface area (Å²) >= 11 is 0. The van der Waals surface area contributed by atoms with Gasteiger partial charge in [0, 0.05) is 31.2 Å². The first-order chi connectivity index (χ1) is 11.9. The maximum atomic E-state index is 12.9. The highest BCUT2D eigenvalue weighted by molar-refractivity contribution is 5.97. The van der Waals surface area contributed by atoms with Crippen molar-refractivity contribution >= 4 is 11.8 Å². The quantitative estimate of drug-likeness (QED) is 0.821. The van der Waals surface area contributed by atoms with Crippen molar-refractivity contribution in [3.05, 3.63) is 29.8 Å². The summed E-state index contributed by atoms with van der Waals surface area (Å²) in [7, 11) is 0. The Morgan fingerprint density at radius 1 is 1.32 bits per heavy atom. The van der Waals surface area contributed by atoms with Gasteiger partial charge in [0.1, 0.15) is 11.8 Å². The number of amides is 2. The van der Waals surface area contributed by atoms with E-state index in [0.29, 0.717) is 25.3 Å². The molecule has 1 aliphatic heterocycles. The number of carbonyl (C=O) groups is 2. The first kappa shape index (κ1) is 19.2. The predicted molar refractivity (Wildman–Crippen MR) is 97.7 cm³/mol. The largest absolute Gasteiger partial charge is 0.494 e. The molecule has 2 rings (SSSR count). The van der Waals surface area contributed by atoms with Gasteiger partial charge in [-0.15, -0.1) is 0 Å². The van der Waals surface area contributed by atoms with E-state index in [1.807, 2.05) is 25.7 Å². The number of rotatable bonds is 6. The summed E-state index contributed by atoms with van der Waals surface area (Å²) in [6.45, 7) is 10.6. The fourth-order valence-electron chi connectivity index (χ4n) is 2.94. The fourth-order valence-corrected chi connectivity index (χ4v) is 2.94. The van der Waals surface area contributed by atoms with Crippen LogP contribution in [0.2, 0.25) is 0 Å². The Hall–Kier alpha value is -2.08. The normalized spacial score (nSPS) is 18.8. The molecule has 2 N–H and O–H groups in total. The van der Waals surface area contributed by atoms with E-state index in [4.69, 9.17) is 4.74 Å². The number of carbonyl (C=O) groups excluding carboxylic acids is 2. The molecule has 138 valence electrons. The summed E-state index contributed by atoms with van der Waals surface area (Å²) < 4.78 is 5.39. The van der Waals surface area contributed by atoms with Gasteiger partial charge in [-0.1, -0.05) is 13.8 Å². The molecule has 1 saturated heterocycles. The van der Waals surface area contributed by atoms with E-state index >= 15 is 0 Å². The molecule has 0 aromatic heterocycles. The molecule has 1 aliphatic rings. The average molecular weight is 347 g/mol. The Labute approximate surface area is 149 Å². The molecule has 1 fully saturated rings. The van der Waals surface area contributed by atoms with Crippen LogP contribution in [0.3, 0.4) is 0 Å². The third-order valence-electron chi connectivity index (χ3n) is 4.33. The van der Waals surface area contributed by atoms with Crippen molar-refractivity contribution in [3.8, 4) is 5.75 Å². The van der Waals surface area contributed by atoms with Crippen LogP contribution in [0.1, 0.15) is 38.1 Å². The van der Waals surface area contributed by atoms with Crippen LogP contribution >= 0.6 is 0 Å². The third-order valence-corrected chi connectivity index (χ3v) is 4.33. The standard InChI is InChI=1S/C19H29N3O3/c1-5-25-16-8-6-15(7-9-16)18(23)21-17(13(2)3)19(24)22-11-10-20-14(4)12-22/h6-9,13-14,17,20H,5,10-12H2,1-4H3,(H,21,23). The Bertz CT molecular complexity index is 586. The lowest BCUT2D eigenvalue weighted by Crippen LogP contribution is -2.57. The van der Waals surface area contributed by atoms with Crippen molar-refractivity contribution in [1.29, 1.82) is 0 Å². The minimum atomic E-state index is -0.524. The van der Waals surface area contributed by atoms with E-state index in [1.165, 1.54) is 0 Å². The number of hydrogen-bond acceptors (Lipinski definition) is 4. The lowest BCUT2D eigenvalue weighted by atomic mass is 10.0. The van der Waals surface area contributed by atoms with Crippen molar-refractivity contribution < 1.29 is 14.3 Å². The molecule has 0 aliphatic carbocycles. The summed E-state index contributed by atoms with van der Waals surface area (Å²) in [5, 5.41) is 6.23. The Morgan fingerprint density at radius 2 is 2.00 bits per heavy atom. The monoisotopic (exact) mass is 347 g/mol. The van der Waals surface area contributed by atoms with Crippen molar-refractivity contribution in [2.75, 3.05) is 26.2 Å². The van der Waals surface area contributed by atoms with E-state index in [1.54, 1.807) is 24.3 Å². The second-order valence-corrected chi connectivity index (χ2v) is 6.79. The SMILES string of the molecule is CCOc1ccc(C(=O)NC(C(=O)N2CCNC(C)C2)C(C)C)cc1. The summed E-state index contributed by atoms with van der Waals surface area (Å²) in [6.07, 6.45) is 0. The molecule has 2 unspecified atom stereocenters. The summed E-state index contributed by atoms with van der Waals surface area (Å²) in [4.78, 5) is 27.2. The van der Waals surface area contributed by atoms with E-state index in [-0.39, 0.29) is 23.8 Å². The van der Waals surface area contributed by atoms with E-state index in [0.717, 1.165) is 12.3 Å². The molecule has 0 bridgehead atoms. The highest BCUT2D eigenvalue weighted by Gasteiger charge is 2.30. The number of ether oxygens (including phenoxy) is 1. The Morgan fingerprint density at radius 3 is 2.56 bits per heavy atom. The number of nitrogens with one attached hydrogen (secondary N) is 2. The van der Waals surface area contributed by atoms with Gasteiger partial charge in [0.25, 0.3) is 5.91 Å². The van der Waals surface area contributed by atoms with Gasteiger partial charge in [0.2, 0.25) is 5.91 Å². The second-order valence-electron chi connectivity index (χ2n) is 6.79. The van der Waals surface area contributed by atoms with Gasteiger partial charge in [0.15, 0.2) is 0 Å². The van der Waals surface area contributed by atoms with Gasteiger partial charge in [-0.05, 0) is 44.0 Å². The second kappa shape index (κ2) is 8.85. The Kier molecular flexibility index (Phi) is 6.82. The molecule has 2 atom stereocenters. The zero-order valence-corrected chi connectivity index (χ0v) is 15.5. The van der Waals surface area contributed by atoms with E-state index in [2.05, 4.69) is 17.6 Å². The van der Waals surface area contributed by atoms with Crippen LogP contribution in [-0.2, 0) is 4.79 Å². The number of benzene rings is 1. The highest BCUT2D eigenvalue weighted by Crippen LogP contribution is 2.14. The Balaban J connectivity index is 2.04. The molecule has 0 radical (unpaired) electrons. The number of nitrogens with zero attached hydrogens (tertiary/aromatic N) is 1. The molecule has 0 spiro atoms.